The van der Waals surface area contributed by atoms with Crippen LogP contribution in [0.3, 0.4) is 0 Å². The van der Waals surface area contributed by atoms with Crippen LogP contribution in [0.2, 0.25) is 0 Å². The van der Waals surface area contributed by atoms with E-state index in [0.717, 1.165) is 36.9 Å². The van der Waals surface area contributed by atoms with Crippen LogP contribution >= 0.6 is 0 Å². The van der Waals surface area contributed by atoms with Crippen molar-refractivity contribution in [1.82, 2.24) is 9.80 Å². The van der Waals surface area contributed by atoms with E-state index in [1.54, 1.807) is 0 Å². The van der Waals surface area contributed by atoms with Crippen LogP contribution in [-0.4, -0.2) is 34.2 Å². The van der Waals surface area contributed by atoms with Gasteiger partial charge in [0.15, 0.2) is 0 Å². The van der Waals surface area contributed by atoms with E-state index >= 15 is 0 Å². The fourth-order valence-electron chi connectivity index (χ4n) is 3.77. The molecule has 0 bridgehead atoms. The second-order valence-corrected chi connectivity index (χ2v) is 7.77. The van der Waals surface area contributed by atoms with Gasteiger partial charge >= 0.3 is 0 Å². The summed E-state index contributed by atoms with van der Waals surface area (Å²) in [5.41, 5.74) is 4.21. The van der Waals surface area contributed by atoms with Crippen molar-refractivity contribution in [2.45, 2.75) is 51.7 Å². The molecule has 2 fully saturated rings. The Morgan fingerprint density at radius 3 is 2.52 bits per heavy atom. The summed E-state index contributed by atoms with van der Waals surface area (Å²) < 4.78 is 0. The summed E-state index contributed by atoms with van der Waals surface area (Å²) in [6, 6.07) is 16.5. The molecule has 4 nitrogen and oxygen atoms in total. The highest BCUT2D eigenvalue weighted by atomic mass is 16.2. The van der Waals surface area contributed by atoms with Gasteiger partial charge in [-0.2, -0.15) is 0 Å². The molecule has 0 spiro atoms. The maximum absolute atomic E-state index is 13.1. The smallest absolute Gasteiger partial charge is 0.254 e. The molecule has 1 heterocycles. The number of benzene rings is 2. The number of aryl methyl sites for hydroxylation is 1. The molecule has 2 amide bonds. The molecule has 0 unspecified atom stereocenters. The van der Waals surface area contributed by atoms with Crippen molar-refractivity contribution < 1.29 is 9.59 Å². The van der Waals surface area contributed by atoms with E-state index < -0.39 is 0 Å². The standard InChI is InChI=1S/C23H26N2O2/c1-17-4-2-5-19(14-17)16-25(21-11-12-21)23(27)20-9-7-18(8-10-20)15-24-13-3-6-22(24)26/h2,4-5,7-10,14,21H,3,6,11-13,15-16H2,1H3. The SMILES string of the molecule is Cc1cccc(CN(C(=O)c2ccc(CN3CCCC3=O)cc2)C2CC2)c1. The van der Waals surface area contributed by atoms with Gasteiger partial charge in [0, 0.05) is 37.7 Å². The van der Waals surface area contributed by atoms with Gasteiger partial charge in [-0.15, -0.1) is 0 Å². The van der Waals surface area contributed by atoms with Crippen molar-refractivity contribution in [3.05, 3.63) is 70.8 Å². The summed E-state index contributed by atoms with van der Waals surface area (Å²) in [7, 11) is 0. The first-order valence-electron chi connectivity index (χ1n) is 9.83. The lowest BCUT2D eigenvalue weighted by molar-refractivity contribution is -0.128. The van der Waals surface area contributed by atoms with Crippen LogP contribution in [0.25, 0.3) is 0 Å². The molecule has 1 saturated heterocycles. The molecule has 0 aromatic heterocycles. The lowest BCUT2D eigenvalue weighted by atomic mass is 10.1. The molecule has 1 aliphatic heterocycles. The van der Waals surface area contributed by atoms with Crippen LogP contribution in [0.1, 0.15) is 52.7 Å². The lowest BCUT2D eigenvalue weighted by Gasteiger charge is -2.23. The summed E-state index contributed by atoms with van der Waals surface area (Å²) >= 11 is 0. The van der Waals surface area contributed by atoms with Gasteiger partial charge in [-0.3, -0.25) is 9.59 Å². The van der Waals surface area contributed by atoms with Crippen LogP contribution in [0.5, 0.6) is 0 Å². The van der Waals surface area contributed by atoms with E-state index in [4.69, 9.17) is 0 Å². The first-order chi connectivity index (χ1) is 13.1. The number of likely N-dealkylation sites (tertiary alicyclic amines) is 1. The predicted octanol–water partition coefficient (Wildman–Crippen LogP) is 3.92. The minimum absolute atomic E-state index is 0.0998. The van der Waals surface area contributed by atoms with Crippen LogP contribution in [0, 0.1) is 6.92 Å². The van der Waals surface area contributed by atoms with Gasteiger partial charge in [0.25, 0.3) is 5.91 Å². The molecule has 2 aromatic carbocycles. The Bertz CT molecular complexity index is 840. The first kappa shape index (κ1) is 17.8. The molecule has 1 saturated carbocycles. The predicted molar refractivity (Wildman–Crippen MR) is 105 cm³/mol. The van der Waals surface area contributed by atoms with Gasteiger partial charge in [-0.1, -0.05) is 42.0 Å². The Morgan fingerprint density at radius 1 is 1.11 bits per heavy atom. The monoisotopic (exact) mass is 362 g/mol. The molecule has 2 aromatic rings. The molecule has 2 aliphatic rings. The highest BCUT2D eigenvalue weighted by molar-refractivity contribution is 5.94. The van der Waals surface area contributed by atoms with Gasteiger partial charge in [0.2, 0.25) is 5.91 Å². The van der Waals surface area contributed by atoms with Gasteiger partial charge in [-0.05, 0) is 49.4 Å². The Labute approximate surface area is 160 Å². The average Bonchev–Trinajstić information content (AvgIpc) is 3.43. The fraction of sp³-hybridized carbons (Fsp3) is 0.391. The Kier molecular flexibility index (Phi) is 4.97. The van der Waals surface area contributed by atoms with Crippen LogP contribution in [0.4, 0.5) is 0 Å². The molecule has 4 heteroatoms. The summed E-state index contributed by atoms with van der Waals surface area (Å²) in [5.74, 6) is 0.330. The quantitative estimate of drug-likeness (QED) is 0.781. The summed E-state index contributed by atoms with van der Waals surface area (Å²) in [6.45, 7) is 4.22. The number of hydrogen-bond donors (Lipinski definition) is 0. The van der Waals surface area contributed by atoms with Crippen LogP contribution < -0.4 is 0 Å². The Morgan fingerprint density at radius 2 is 1.89 bits per heavy atom. The summed E-state index contributed by atoms with van der Waals surface area (Å²) in [6.07, 6.45) is 3.79. The highest BCUT2D eigenvalue weighted by Gasteiger charge is 2.33. The van der Waals surface area contributed by atoms with E-state index in [-0.39, 0.29) is 11.8 Å². The maximum Gasteiger partial charge on any atom is 0.254 e. The lowest BCUT2D eigenvalue weighted by Crippen LogP contribution is -2.32. The Hall–Kier alpha value is -2.62. The number of carbonyl (C=O) groups is 2. The van der Waals surface area contributed by atoms with Gasteiger partial charge in [0.05, 0.1) is 0 Å². The molecule has 27 heavy (non-hydrogen) atoms. The molecule has 0 radical (unpaired) electrons. The van der Waals surface area contributed by atoms with Crippen molar-refractivity contribution in [2.24, 2.45) is 0 Å². The van der Waals surface area contributed by atoms with Gasteiger partial charge < -0.3 is 9.80 Å². The normalized spacial score (nSPS) is 16.6. The number of nitrogens with zero attached hydrogens (tertiary/aromatic N) is 2. The van der Waals surface area contributed by atoms with Gasteiger partial charge in [-0.25, -0.2) is 0 Å². The minimum atomic E-state index is 0.0998. The number of carbonyl (C=O) groups excluding carboxylic acids is 2. The number of rotatable bonds is 6. The van der Waals surface area contributed by atoms with Crippen LogP contribution in [-0.2, 0) is 17.9 Å². The molecule has 0 atom stereocenters. The van der Waals surface area contributed by atoms with E-state index in [9.17, 15) is 9.59 Å². The molecule has 4 rings (SSSR count). The largest absolute Gasteiger partial charge is 0.338 e. The van der Waals surface area contributed by atoms with Crippen molar-refractivity contribution in [3.63, 3.8) is 0 Å². The molecular formula is C23H26N2O2. The first-order valence-corrected chi connectivity index (χ1v) is 9.83. The van der Waals surface area contributed by atoms with E-state index in [1.807, 2.05) is 34.1 Å². The molecular weight excluding hydrogens is 336 g/mol. The third kappa shape index (κ3) is 4.21. The van der Waals surface area contributed by atoms with E-state index in [0.29, 0.717) is 25.6 Å². The van der Waals surface area contributed by atoms with Crippen molar-refractivity contribution in [3.8, 4) is 0 Å². The third-order valence-electron chi connectivity index (χ3n) is 5.43. The maximum atomic E-state index is 13.1. The van der Waals surface area contributed by atoms with Crippen molar-refractivity contribution >= 4 is 11.8 Å². The summed E-state index contributed by atoms with van der Waals surface area (Å²) in [4.78, 5) is 28.8. The summed E-state index contributed by atoms with van der Waals surface area (Å²) in [5, 5.41) is 0. The molecule has 140 valence electrons. The fourth-order valence-corrected chi connectivity index (χ4v) is 3.77. The highest BCUT2D eigenvalue weighted by Crippen LogP contribution is 2.30. The van der Waals surface area contributed by atoms with E-state index in [1.165, 1.54) is 11.1 Å². The molecule has 0 N–H and O–H groups in total. The Balaban J connectivity index is 1.45. The number of amides is 2. The second kappa shape index (κ2) is 7.55. The zero-order valence-electron chi connectivity index (χ0n) is 15.9. The van der Waals surface area contributed by atoms with Crippen molar-refractivity contribution in [1.29, 1.82) is 0 Å². The zero-order chi connectivity index (χ0) is 18.8. The second-order valence-electron chi connectivity index (χ2n) is 7.77. The zero-order valence-corrected chi connectivity index (χ0v) is 15.9. The third-order valence-corrected chi connectivity index (χ3v) is 5.43. The average molecular weight is 362 g/mol. The van der Waals surface area contributed by atoms with Crippen molar-refractivity contribution in [2.75, 3.05) is 6.54 Å². The topological polar surface area (TPSA) is 40.6 Å². The minimum Gasteiger partial charge on any atom is -0.338 e. The van der Waals surface area contributed by atoms with Crippen LogP contribution in [0.15, 0.2) is 48.5 Å². The van der Waals surface area contributed by atoms with E-state index in [2.05, 4.69) is 31.2 Å². The molecule has 1 aliphatic carbocycles. The number of hydrogen-bond acceptors (Lipinski definition) is 2. The van der Waals surface area contributed by atoms with Gasteiger partial charge in [0.1, 0.15) is 0 Å².